The summed E-state index contributed by atoms with van der Waals surface area (Å²) in [4.78, 5) is 24.6. The van der Waals surface area contributed by atoms with E-state index in [1.54, 1.807) is 6.07 Å². The summed E-state index contributed by atoms with van der Waals surface area (Å²) in [6, 6.07) is 12.4. The number of amides is 1. The number of thiophene rings is 1. The fourth-order valence-corrected chi connectivity index (χ4v) is 3.78. The van der Waals surface area contributed by atoms with Gasteiger partial charge in [0.05, 0.1) is 10.4 Å². The van der Waals surface area contributed by atoms with Crippen molar-refractivity contribution in [2.45, 2.75) is 6.92 Å². The van der Waals surface area contributed by atoms with Gasteiger partial charge in [-0.05, 0) is 42.1 Å². The molecule has 0 aliphatic rings. The Balaban J connectivity index is 1.83. The summed E-state index contributed by atoms with van der Waals surface area (Å²) in [6.45, 7) is 1.75. The molecule has 0 saturated heterocycles. The average Bonchev–Trinajstić information content (AvgIpc) is 2.91. The Bertz CT molecular complexity index is 949. The topological polar surface area (TPSA) is 69.4 Å². The highest BCUT2D eigenvalue weighted by atomic mass is 35.5. The van der Waals surface area contributed by atoms with Crippen LogP contribution in [0.3, 0.4) is 0 Å². The zero-order valence-corrected chi connectivity index (χ0v) is 14.4. The lowest BCUT2D eigenvalue weighted by Gasteiger charge is -2.09. The van der Waals surface area contributed by atoms with Gasteiger partial charge in [0.2, 0.25) is 5.78 Å². The van der Waals surface area contributed by atoms with Crippen LogP contribution in [0.25, 0.3) is 10.1 Å². The molecule has 0 fully saturated rings. The lowest BCUT2D eigenvalue weighted by Crippen LogP contribution is -2.16. The molecule has 2 aromatic carbocycles. The van der Waals surface area contributed by atoms with E-state index in [0.717, 1.165) is 15.6 Å². The first-order valence-electron chi connectivity index (χ1n) is 7.21. The third kappa shape index (κ3) is 3.13. The van der Waals surface area contributed by atoms with Crippen molar-refractivity contribution in [2.24, 2.45) is 5.73 Å². The number of aryl methyl sites for hydroxylation is 1. The van der Waals surface area contributed by atoms with Crippen LogP contribution in [0.4, 0.5) is 0 Å². The van der Waals surface area contributed by atoms with Crippen LogP contribution < -0.4 is 10.5 Å². The molecule has 1 aromatic heterocycles. The second-order valence-electron chi connectivity index (χ2n) is 5.27. The highest BCUT2D eigenvalue weighted by molar-refractivity contribution is 7.21. The number of halogens is 1. The molecule has 122 valence electrons. The zero-order chi connectivity index (χ0) is 17.3. The molecule has 2 N–H and O–H groups in total. The van der Waals surface area contributed by atoms with Crippen LogP contribution in [0.1, 0.15) is 25.6 Å². The Kier molecular flexibility index (Phi) is 4.55. The standard InChI is InChI=1S/C18H14ClNO3S/c1-10-12-4-2-3-5-16(12)24-17(10)14(21)9-23-15-7-6-11(19)8-13(15)18(20)22/h2-8H,9H2,1H3,(H2,20,22). The fraction of sp³-hybridized carbons (Fsp3) is 0.111. The third-order valence-electron chi connectivity index (χ3n) is 3.66. The van der Waals surface area contributed by atoms with Crippen molar-refractivity contribution in [1.29, 1.82) is 0 Å². The largest absolute Gasteiger partial charge is 0.485 e. The molecule has 6 heteroatoms. The molecule has 1 amide bonds. The predicted molar refractivity (Wildman–Crippen MR) is 96.4 cm³/mol. The number of nitrogens with two attached hydrogens (primary N) is 1. The van der Waals surface area contributed by atoms with Crippen molar-refractivity contribution in [1.82, 2.24) is 0 Å². The number of hydrogen-bond acceptors (Lipinski definition) is 4. The van der Waals surface area contributed by atoms with E-state index in [2.05, 4.69) is 0 Å². The van der Waals surface area contributed by atoms with Gasteiger partial charge in [-0.3, -0.25) is 9.59 Å². The Morgan fingerprint density at radius 1 is 1.21 bits per heavy atom. The van der Waals surface area contributed by atoms with E-state index in [1.807, 2.05) is 31.2 Å². The molecule has 0 spiro atoms. The molecule has 4 nitrogen and oxygen atoms in total. The summed E-state index contributed by atoms with van der Waals surface area (Å²) in [7, 11) is 0. The molecular weight excluding hydrogens is 346 g/mol. The molecule has 3 aromatic rings. The molecule has 0 unspecified atom stereocenters. The van der Waals surface area contributed by atoms with Crippen LogP contribution in [0, 0.1) is 6.92 Å². The molecular formula is C18H14ClNO3S. The van der Waals surface area contributed by atoms with Crippen molar-refractivity contribution in [3.8, 4) is 5.75 Å². The van der Waals surface area contributed by atoms with Gasteiger partial charge in [-0.25, -0.2) is 0 Å². The normalized spacial score (nSPS) is 10.8. The van der Waals surface area contributed by atoms with E-state index in [1.165, 1.54) is 23.5 Å². The number of carbonyl (C=O) groups excluding carboxylic acids is 2. The van der Waals surface area contributed by atoms with Crippen molar-refractivity contribution in [3.63, 3.8) is 0 Å². The van der Waals surface area contributed by atoms with Gasteiger partial charge in [0, 0.05) is 9.72 Å². The SMILES string of the molecule is Cc1c(C(=O)COc2ccc(Cl)cc2C(N)=O)sc2ccccc12. The van der Waals surface area contributed by atoms with Gasteiger partial charge in [0.1, 0.15) is 5.75 Å². The van der Waals surface area contributed by atoms with Crippen LogP contribution in [0.15, 0.2) is 42.5 Å². The summed E-state index contributed by atoms with van der Waals surface area (Å²) in [5.41, 5.74) is 6.41. The second kappa shape index (κ2) is 6.63. The number of ketones is 1. The number of benzene rings is 2. The van der Waals surface area contributed by atoms with E-state index in [4.69, 9.17) is 22.1 Å². The van der Waals surface area contributed by atoms with Gasteiger partial charge in [0.25, 0.3) is 5.91 Å². The van der Waals surface area contributed by atoms with Gasteiger partial charge in [-0.1, -0.05) is 29.8 Å². The van der Waals surface area contributed by atoms with Crippen molar-refractivity contribution in [3.05, 3.63) is 63.5 Å². The summed E-state index contributed by atoms with van der Waals surface area (Å²) >= 11 is 7.29. The minimum Gasteiger partial charge on any atom is -0.485 e. The number of hydrogen-bond donors (Lipinski definition) is 1. The molecule has 1 heterocycles. The predicted octanol–water partition coefficient (Wildman–Crippen LogP) is 4.22. The van der Waals surface area contributed by atoms with E-state index in [9.17, 15) is 9.59 Å². The first-order chi connectivity index (χ1) is 11.5. The van der Waals surface area contributed by atoms with E-state index >= 15 is 0 Å². The van der Waals surface area contributed by atoms with Crippen LogP contribution in [-0.2, 0) is 0 Å². The van der Waals surface area contributed by atoms with E-state index in [-0.39, 0.29) is 23.7 Å². The Morgan fingerprint density at radius 2 is 1.96 bits per heavy atom. The van der Waals surface area contributed by atoms with Crippen LogP contribution in [-0.4, -0.2) is 18.3 Å². The van der Waals surface area contributed by atoms with Crippen molar-refractivity contribution in [2.75, 3.05) is 6.61 Å². The van der Waals surface area contributed by atoms with Gasteiger partial charge in [0.15, 0.2) is 6.61 Å². The van der Waals surface area contributed by atoms with Crippen molar-refractivity contribution < 1.29 is 14.3 Å². The lowest BCUT2D eigenvalue weighted by molar-refractivity contribution is 0.0915. The van der Waals surface area contributed by atoms with Gasteiger partial charge in [-0.15, -0.1) is 11.3 Å². The second-order valence-corrected chi connectivity index (χ2v) is 6.76. The van der Waals surface area contributed by atoms with Crippen LogP contribution >= 0.6 is 22.9 Å². The molecule has 0 saturated carbocycles. The highest BCUT2D eigenvalue weighted by Gasteiger charge is 2.17. The maximum absolute atomic E-state index is 12.5. The first kappa shape index (κ1) is 16.5. The monoisotopic (exact) mass is 359 g/mol. The molecule has 0 radical (unpaired) electrons. The van der Waals surface area contributed by atoms with Crippen LogP contribution in [0.2, 0.25) is 5.02 Å². The van der Waals surface area contributed by atoms with Crippen molar-refractivity contribution >= 4 is 44.7 Å². The smallest absolute Gasteiger partial charge is 0.252 e. The summed E-state index contributed by atoms with van der Waals surface area (Å²) in [6.07, 6.45) is 0. The maximum Gasteiger partial charge on any atom is 0.252 e. The molecule has 0 bridgehead atoms. The molecule has 24 heavy (non-hydrogen) atoms. The molecule has 3 rings (SSSR count). The number of carbonyl (C=O) groups is 2. The Morgan fingerprint density at radius 3 is 2.67 bits per heavy atom. The molecule has 0 aliphatic heterocycles. The summed E-state index contributed by atoms with van der Waals surface area (Å²) < 4.78 is 6.58. The average molecular weight is 360 g/mol. The number of ether oxygens (including phenoxy) is 1. The Labute approximate surface area is 147 Å². The van der Waals surface area contributed by atoms with Gasteiger partial charge >= 0.3 is 0 Å². The minimum absolute atomic E-state index is 0.140. The summed E-state index contributed by atoms with van der Waals surface area (Å²) in [5, 5.41) is 1.44. The quantitative estimate of drug-likeness (QED) is 0.693. The molecule has 0 atom stereocenters. The fourth-order valence-electron chi connectivity index (χ4n) is 2.47. The van der Waals surface area contributed by atoms with E-state index < -0.39 is 5.91 Å². The number of Topliss-reactive ketones (excluding diaryl/α,β-unsaturated/α-hetero) is 1. The van der Waals surface area contributed by atoms with Gasteiger partial charge < -0.3 is 10.5 Å². The summed E-state index contributed by atoms with van der Waals surface area (Å²) in [5.74, 6) is -0.545. The third-order valence-corrected chi connectivity index (χ3v) is 5.21. The number of primary amides is 1. The lowest BCUT2D eigenvalue weighted by atomic mass is 10.1. The Hall–Kier alpha value is -2.37. The number of fused-ring (bicyclic) bond motifs is 1. The molecule has 0 aliphatic carbocycles. The van der Waals surface area contributed by atoms with Crippen LogP contribution in [0.5, 0.6) is 5.75 Å². The highest BCUT2D eigenvalue weighted by Crippen LogP contribution is 2.31. The van der Waals surface area contributed by atoms with E-state index in [0.29, 0.717) is 9.90 Å². The zero-order valence-electron chi connectivity index (χ0n) is 12.8. The maximum atomic E-state index is 12.5. The van der Waals surface area contributed by atoms with Gasteiger partial charge in [-0.2, -0.15) is 0 Å². The number of rotatable bonds is 5. The minimum atomic E-state index is -0.655. The first-order valence-corrected chi connectivity index (χ1v) is 8.40.